The molecule has 0 saturated carbocycles. The topological polar surface area (TPSA) is 0 Å². The number of halogens is 1. The summed E-state index contributed by atoms with van der Waals surface area (Å²) < 4.78 is 0. The average molecular weight is 158 g/mol. The van der Waals surface area contributed by atoms with Crippen molar-refractivity contribution >= 4 is 12.4 Å². The molecule has 2 heteroatoms. The molecule has 0 radical (unpaired) electrons. The summed E-state index contributed by atoms with van der Waals surface area (Å²) in [7, 11) is 0. The minimum absolute atomic E-state index is 0. The predicted molar refractivity (Wildman–Crippen MR) is 20.1 cm³/mol. The zero-order chi connectivity index (χ0) is 0. The second-order valence-corrected chi connectivity index (χ2v) is 0. The molecular formula is C2H7ClZr. The van der Waals surface area contributed by atoms with Gasteiger partial charge in [0.1, 0.15) is 0 Å². The fourth-order valence-electron chi connectivity index (χ4n) is 0. The normalized spacial score (nSPS) is 0. The predicted octanol–water partition coefficient (Wildman–Crippen LogP) is 1.32. The van der Waals surface area contributed by atoms with Crippen molar-refractivity contribution in [3.63, 3.8) is 0 Å². The first-order valence-corrected chi connectivity index (χ1v) is 0. The molecule has 0 aliphatic rings. The summed E-state index contributed by atoms with van der Waals surface area (Å²) in [4.78, 5) is 0. The van der Waals surface area contributed by atoms with Gasteiger partial charge in [0.25, 0.3) is 0 Å². The van der Waals surface area contributed by atoms with E-state index >= 15 is 0 Å². The summed E-state index contributed by atoms with van der Waals surface area (Å²) in [6.07, 6.45) is 0. The van der Waals surface area contributed by atoms with Crippen LogP contribution >= 0.6 is 12.4 Å². The van der Waals surface area contributed by atoms with Crippen molar-refractivity contribution in [1.82, 2.24) is 0 Å². The minimum atomic E-state index is 0. The Morgan fingerprint density at radius 3 is 0.750 bits per heavy atom. The molecule has 0 amide bonds. The van der Waals surface area contributed by atoms with E-state index in [1.54, 1.807) is 0 Å². The van der Waals surface area contributed by atoms with Gasteiger partial charge in [0.2, 0.25) is 0 Å². The molecule has 0 aliphatic carbocycles. The van der Waals surface area contributed by atoms with E-state index in [0.29, 0.717) is 0 Å². The van der Waals surface area contributed by atoms with E-state index in [0.717, 1.165) is 0 Å². The van der Waals surface area contributed by atoms with Crippen LogP contribution in [-0.4, -0.2) is 0 Å². The summed E-state index contributed by atoms with van der Waals surface area (Å²) >= 11 is 0. The van der Waals surface area contributed by atoms with Crippen LogP contribution in [0.4, 0.5) is 0 Å². The molecule has 0 heterocycles. The standard InChI is InChI=1S/2CH3.ClH.Zr/h2*1H3;1H;/q2*-1;;+2. The van der Waals surface area contributed by atoms with Crippen molar-refractivity contribution < 1.29 is 26.2 Å². The van der Waals surface area contributed by atoms with Gasteiger partial charge in [0, 0.05) is 0 Å². The van der Waals surface area contributed by atoms with E-state index in [-0.39, 0.29) is 53.5 Å². The zero-order valence-corrected chi connectivity index (χ0v) is 6.18. The quantitative estimate of drug-likeness (QED) is 0.466. The minimum Gasteiger partial charge on any atom is -0.358 e. The fourth-order valence-corrected chi connectivity index (χ4v) is 0. The molecule has 0 bridgehead atoms. The van der Waals surface area contributed by atoms with Crippen LogP contribution in [-0.2, 0) is 26.2 Å². The monoisotopic (exact) mass is 156 g/mol. The third-order valence-corrected chi connectivity index (χ3v) is 0. The van der Waals surface area contributed by atoms with Gasteiger partial charge >= 0.3 is 26.2 Å². The molecule has 4 heavy (non-hydrogen) atoms. The molecule has 26 valence electrons. The second-order valence-electron chi connectivity index (χ2n) is 0. The third kappa shape index (κ3) is 10.9. The molecular weight excluding hydrogens is 151 g/mol. The van der Waals surface area contributed by atoms with Crippen LogP contribution in [0.1, 0.15) is 0 Å². The molecule has 0 nitrogen and oxygen atoms in total. The Hall–Kier alpha value is 1.17. The van der Waals surface area contributed by atoms with Crippen LogP contribution in [0.2, 0.25) is 0 Å². The SMILES string of the molecule is Cl.[CH3-].[CH3-].[Zr+2]. The van der Waals surface area contributed by atoms with E-state index in [1.807, 2.05) is 0 Å². The summed E-state index contributed by atoms with van der Waals surface area (Å²) in [5.41, 5.74) is 0. The first-order chi connectivity index (χ1) is 0. The van der Waals surface area contributed by atoms with Gasteiger partial charge in [-0.15, -0.1) is 12.4 Å². The molecule has 0 aromatic carbocycles. The van der Waals surface area contributed by atoms with Crippen LogP contribution < -0.4 is 0 Å². The van der Waals surface area contributed by atoms with Gasteiger partial charge in [-0.05, 0) is 0 Å². The molecule has 0 spiro atoms. The first-order valence-electron chi connectivity index (χ1n) is 0. The van der Waals surface area contributed by atoms with Gasteiger partial charge in [-0.25, -0.2) is 0 Å². The summed E-state index contributed by atoms with van der Waals surface area (Å²) in [6.45, 7) is 0. The third-order valence-electron chi connectivity index (χ3n) is 0. The number of hydrogen-bond acceptors (Lipinski definition) is 0. The maximum Gasteiger partial charge on any atom is 2.00 e. The van der Waals surface area contributed by atoms with Gasteiger partial charge in [0.15, 0.2) is 0 Å². The average Bonchev–Trinajstić information content (AvgIpc) is 0. The van der Waals surface area contributed by atoms with Crippen molar-refractivity contribution in [3.05, 3.63) is 14.9 Å². The molecule has 0 saturated heterocycles. The van der Waals surface area contributed by atoms with Gasteiger partial charge < -0.3 is 14.9 Å². The van der Waals surface area contributed by atoms with E-state index < -0.39 is 0 Å². The van der Waals surface area contributed by atoms with Gasteiger partial charge in [-0.3, -0.25) is 0 Å². The largest absolute Gasteiger partial charge is 2.00 e. The van der Waals surface area contributed by atoms with Gasteiger partial charge in [-0.2, -0.15) is 0 Å². The summed E-state index contributed by atoms with van der Waals surface area (Å²) in [5, 5.41) is 0. The van der Waals surface area contributed by atoms with Crippen molar-refractivity contribution in [2.45, 2.75) is 0 Å². The van der Waals surface area contributed by atoms with Crippen LogP contribution in [0.25, 0.3) is 0 Å². The number of hydrogen-bond donors (Lipinski definition) is 0. The van der Waals surface area contributed by atoms with E-state index in [4.69, 9.17) is 0 Å². The zero-order valence-electron chi connectivity index (χ0n) is 2.91. The van der Waals surface area contributed by atoms with Gasteiger partial charge in [-0.1, -0.05) is 0 Å². The Kier molecular flexibility index (Phi) is 500. The molecule has 0 aliphatic heterocycles. The van der Waals surface area contributed by atoms with E-state index in [9.17, 15) is 0 Å². The Morgan fingerprint density at radius 1 is 0.750 bits per heavy atom. The molecule has 0 rings (SSSR count). The van der Waals surface area contributed by atoms with Crippen LogP contribution in [0.5, 0.6) is 0 Å². The maximum absolute atomic E-state index is 0. The van der Waals surface area contributed by atoms with Crippen LogP contribution in [0, 0.1) is 14.9 Å². The molecule has 0 aromatic rings. The molecule has 0 aromatic heterocycles. The summed E-state index contributed by atoms with van der Waals surface area (Å²) in [5.74, 6) is 0. The van der Waals surface area contributed by atoms with E-state index in [2.05, 4.69) is 0 Å². The van der Waals surface area contributed by atoms with Crippen molar-refractivity contribution in [2.75, 3.05) is 0 Å². The Morgan fingerprint density at radius 2 is 0.750 bits per heavy atom. The Labute approximate surface area is 53.5 Å². The maximum atomic E-state index is 0. The molecule has 0 N–H and O–H groups in total. The second kappa shape index (κ2) is 30.5. The van der Waals surface area contributed by atoms with Crippen molar-refractivity contribution in [1.29, 1.82) is 0 Å². The van der Waals surface area contributed by atoms with Gasteiger partial charge in [0.05, 0.1) is 0 Å². The Bertz CT molecular complexity index is 6.00. The van der Waals surface area contributed by atoms with Crippen LogP contribution in [0.15, 0.2) is 0 Å². The van der Waals surface area contributed by atoms with Crippen molar-refractivity contribution in [2.24, 2.45) is 0 Å². The fraction of sp³-hybridized carbons (Fsp3) is 0. The Balaban J connectivity index is 0. The molecule has 0 unspecified atom stereocenters. The van der Waals surface area contributed by atoms with Crippen molar-refractivity contribution in [3.8, 4) is 0 Å². The summed E-state index contributed by atoms with van der Waals surface area (Å²) in [6, 6.07) is 0. The van der Waals surface area contributed by atoms with Crippen LogP contribution in [0.3, 0.4) is 0 Å². The molecule has 0 fully saturated rings. The first kappa shape index (κ1) is 65.5. The molecule has 0 atom stereocenters. The number of rotatable bonds is 0. The van der Waals surface area contributed by atoms with E-state index in [1.165, 1.54) is 0 Å². The smallest absolute Gasteiger partial charge is 0.358 e.